The van der Waals surface area contributed by atoms with Gasteiger partial charge in [-0.1, -0.05) is 42.5 Å². The molecule has 0 saturated carbocycles. The minimum Gasteiger partial charge on any atom is -0.462 e. The molecule has 2 aromatic heterocycles. The molecule has 2 aromatic carbocycles. The Balaban J connectivity index is 2.15. The van der Waals surface area contributed by atoms with Gasteiger partial charge in [-0.05, 0) is 37.1 Å². The fourth-order valence-electron chi connectivity index (χ4n) is 3.26. The summed E-state index contributed by atoms with van der Waals surface area (Å²) < 4.78 is 7.37. The quantitative estimate of drug-likeness (QED) is 0.514. The fraction of sp³-hybridized carbons (Fsp3) is 0.143. The van der Waals surface area contributed by atoms with E-state index < -0.39 is 0 Å². The Hall–Kier alpha value is -3.14. The first kappa shape index (κ1) is 15.4. The number of carbonyl (C=O) groups excluding carboxylic acids is 1. The third-order valence-electron chi connectivity index (χ3n) is 4.33. The van der Waals surface area contributed by atoms with Crippen LogP contribution >= 0.6 is 0 Å². The van der Waals surface area contributed by atoms with E-state index in [0.29, 0.717) is 12.2 Å². The van der Waals surface area contributed by atoms with Gasteiger partial charge in [-0.2, -0.15) is 0 Å². The molecule has 0 saturated heterocycles. The molecule has 0 unspecified atom stereocenters. The van der Waals surface area contributed by atoms with E-state index in [0.717, 1.165) is 33.4 Å². The summed E-state index contributed by atoms with van der Waals surface area (Å²) in [6.07, 6.45) is 1.96. The zero-order valence-electron chi connectivity index (χ0n) is 14.2. The molecule has 124 valence electrons. The van der Waals surface area contributed by atoms with E-state index in [1.54, 1.807) is 0 Å². The number of pyridine rings is 1. The van der Waals surface area contributed by atoms with Crippen LogP contribution in [-0.4, -0.2) is 22.0 Å². The molecule has 0 atom stereocenters. The number of hydrogen-bond acceptors (Lipinski definition) is 3. The van der Waals surface area contributed by atoms with Crippen LogP contribution in [0.5, 0.6) is 0 Å². The molecule has 25 heavy (non-hydrogen) atoms. The van der Waals surface area contributed by atoms with Crippen molar-refractivity contribution in [1.29, 1.82) is 0 Å². The third-order valence-corrected chi connectivity index (χ3v) is 4.33. The molecule has 0 aliphatic carbocycles. The van der Waals surface area contributed by atoms with E-state index in [1.807, 2.05) is 74.6 Å². The van der Waals surface area contributed by atoms with Crippen LogP contribution in [0.1, 0.15) is 22.8 Å². The van der Waals surface area contributed by atoms with Crippen LogP contribution in [0.2, 0.25) is 0 Å². The van der Waals surface area contributed by atoms with Gasteiger partial charge in [-0.15, -0.1) is 0 Å². The zero-order valence-corrected chi connectivity index (χ0v) is 14.2. The van der Waals surface area contributed by atoms with Crippen molar-refractivity contribution in [2.45, 2.75) is 13.8 Å². The van der Waals surface area contributed by atoms with Crippen molar-refractivity contribution >= 4 is 22.6 Å². The van der Waals surface area contributed by atoms with Gasteiger partial charge < -0.3 is 4.74 Å². The van der Waals surface area contributed by atoms with E-state index in [-0.39, 0.29) is 5.97 Å². The van der Waals surface area contributed by atoms with Crippen LogP contribution in [0.3, 0.4) is 0 Å². The predicted molar refractivity (Wildman–Crippen MR) is 98.8 cm³/mol. The minimum absolute atomic E-state index is 0.312. The highest BCUT2D eigenvalue weighted by atomic mass is 16.5. The molecule has 0 amide bonds. The van der Waals surface area contributed by atoms with Crippen molar-refractivity contribution in [2.24, 2.45) is 0 Å². The Kier molecular flexibility index (Phi) is 3.73. The number of nitrogens with zero attached hydrogens (tertiary/aromatic N) is 2. The molecule has 0 bridgehead atoms. The van der Waals surface area contributed by atoms with E-state index in [9.17, 15) is 4.79 Å². The second kappa shape index (κ2) is 6.06. The lowest BCUT2D eigenvalue weighted by Gasteiger charge is -2.14. The highest BCUT2D eigenvalue weighted by Crippen LogP contribution is 2.33. The Morgan fingerprint density at radius 2 is 1.80 bits per heavy atom. The van der Waals surface area contributed by atoms with E-state index in [2.05, 4.69) is 4.40 Å². The normalized spacial score (nSPS) is 11.1. The monoisotopic (exact) mass is 330 g/mol. The predicted octanol–water partition coefficient (Wildman–Crippen LogP) is 4.64. The molecule has 4 aromatic rings. The summed E-state index contributed by atoms with van der Waals surface area (Å²) in [5.74, 6) is -0.312. The van der Waals surface area contributed by atoms with Gasteiger partial charge in [0, 0.05) is 11.8 Å². The molecule has 4 heteroatoms. The van der Waals surface area contributed by atoms with Gasteiger partial charge in [0.2, 0.25) is 0 Å². The number of ether oxygens (including phenoxy) is 1. The highest BCUT2D eigenvalue weighted by Gasteiger charge is 2.22. The number of aromatic nitrogens is 2. The SMILES string of the molecule is CCOC(=O)c1c(C)cn2c(nc3ccccc32)c1-c1ccccc1. The molecule has 0 aliphatic rings. The Bertz CT molecular complexity index is 1080. The first-order valence-electron chi connectivity index (χ1n) is 8.33. The summed E-state index contributed by atoms with van der Waals surface area (Å²) >= 11 is 0. The van der Waals surface area contributed by atoms with Gasteiger partial charge in [0.05, 0.1) is 23.2 Å². The largest absolute Gasteiger partial charge is 0.462 e. The summed E-state index contributed by atoms with van der Waals surface area (Å²) in [5, 5.41) is 0. The number of benzene rings is 2. The van der Waals surface area contributed by atoms with Crippen LogP contribution in [0.25, 0.3) is 27.8 Å². The topological polar surface area (TPSA) is 43.6 Å². The molecule has 4 rings (SSSR count). The second-order valence-electron chi connectivity index (χ2n) is 5.94. The Labute approximate surface area is 145 Å². The number of rotatable bonds is 3. The molecule has 0 spiro atoms. The fourth-order valence-corrected chi connectivity index (χ4v) is 3.26. The molecule has 0 radical (unpaired) electrons. The average molecular weight is 330 g/mol. The summed E-state index contributed by atoms with van der Waals surface area (Å²) in [4.78, 5) is 17.5. The lowest BCUT2D eigenvalue weighted by molar-refractivity contribution is 0.0526. The number of aryl methyl sites for hydroxylation is 1. The molecule has 2 heterocycles. The van der Waals surface area contributed by atoms with Crippen LogP contribution in [0, 0.1) is 6.92 Å². The van der Waals surface area contributed by atoms with Gasteiger partial charge in [-0.25, -0.2) is 9.78 Å². The minimum atomic E-state index is -0.312. The van der Waals surface area contributed by atoms with Crippen molar-refractivity contribution in [1.82, 2.24) is 9.38 Å². The van der Waals surface area contributed by atoms with Gasteiger partial charge in [0.15, 0.2) is 0 Å². The van der Waals surface area contributed by atoms with Crippen molar-refractivity contribution in [2.75, 3.05) is 6.61 Å². The van der Waals surface area contributed by atoms with Crippen LogP contribution in [-0.2, 0) is 4.74 Å². The standard InChI is InChI=1S/C21H18N2O2/c1-3-25-21(24)18-14(2)13-23-17-12-8-7-11-16(17)22-20(23)19(18)15-9-5-4-6-10-15/h4-13H,3H2,1-2H3. The number of esters is 1. The number of imidazole rings is 1. The Morgan fingerprint density at radius 1 is 1.08 bits per heavy atom. The van der Waals surface area contributed by atoms with Gasteiger partial charge >= 0.3 is 5.97 Å². The highest BCUT2D eigenvalue weighted by molar-refractivity contribution is 6.04. The smallest absolute Gasteiger partial charge is 0.339 e. The third kappa shape index (κ3) is 2.47. The number of carbonyl (C=O) groups is 1. The molecular formula is C21H18N2O2. The summed E-state index contributed by atoms with van der Waals surface area (Å²) in [6.45, 7) is 4.10. The van der Waals surface area contributed by atoms with Gasteiger partial charge in [0.1, 0.15) is 5.65 Å². The summed E-state index contributed by atoms with van der Waals surface area (Å²) in [5.41, 5.74) is 5.91. The maximum atomic E-state index is 12.7. The lowest BCUT2D eigenvalue weighted by atomic mass is 9.98. The maximum Gasteiger partial charge on any atom is 0.339 e. The summed E-state index contributed by atoms with van der Waals surface area (Å²) in [6, 6.07) is 17.9. The molecule has 4 nitrogen and oxygen atoms in total. The van der Waals surface area contributed by atoms with Crippen molar-refractivity contribution in [3.63, 3.8) is 0 Å². The van der Waals surface area contributed by atoms with Crippen LogP contribution in [0.15, 0.2) is 60.8 Å². The molecule has 0 N–H and O–H groups in total. The molecule has 0 fully saturated rings. The molecular weight excluding hydrogens is 312 g/mol. The van der Waals surface area contributed by atoms with Crippen LogP contribution in [0.4, 0.5) is 0 Å². The zero-order chi connectivity index (χ0) is 17.4. The first-order valence-corrected chi connectivity index (χ1v) is 8.33. The van der Waals surface area contributed by atoms with Crippen LogP contribution < -0.4 is 0 Å². The number of para-hydroxylation sites is 2. The van der Waals surface area contributed by atoms with Gasteiger partial charge in [-0.3, -0.25) is 4.40 Å². The van der Waals surface area contributed by atoms with E-state index in [4.69, 9.17) is 9.72 Å². The summed E-state index contributed by atoms with van der Waals surface area (Å²) in [7, 11) is 0. The van der Waals surface area contributed by atoms with Crippen molar-refractivity contribution in [3.05, 3.63) is 71.9 Å². The van der Waals surface area contributed by atoms with E-state index in [1.165, 1.54) is 0 Å². The van der Waals surface area contributed by atoms with Crippen molar-refractivity contribution in [3.8, 4) is 11.1 Å². The van der Waals surface area contributed by atoms with Gasteiger partial charge in [0.25, 0.3) is 0 Å². The Morgan fingerprint density at radius 3 is 2.56 bits per heavy atom. The maximum absolute atomic E-state index is 12.7. The van der Waals surface area contributed by atoms with Crippen molar-refractivity contribution < 1.29 is 9.53 Å². The molecule has 0 aliphatic heterocycles. The first-order chi connectivity index (χ1) is 12.2. The number of fused-ring (bicyclic) bond motifs is 3. The lowest BCUT2D eigenvalue weighted by Crippen LogP contribution is -2.10. The second-order valence-corrected chi connectivity index (χ2v) is 5.94. The average Bonchev–Trinajstić information content (AvgIpc) is 2.99. The van der Waals surface area contributed by atoms with E-state index >= 15 is 0 Å². The number of hydrogen-bond donors (Lipinski definition) is 0.